The molecule has 0 N–H and O–H groups in total. The van der Waals surface area contributed by atoms with E-state index in [2.05, 4.69) is 29.8 Å². The third kappa shape index (κ3) is 2.98. The minimum Gasteiger partial charge on any atom is -0.289 e. The van der Waals surface area contributed by atoms with Crippen LogP contribution >= 0.6 is 15.9 Å². The van der Waals surface area contributed by atoms with Crippen LogP contribution < -0.4 is 0 Å². The van der Waals surface area contributed by atoms with Crippen molar-refractivity contribution in [3.8, 4) is 0 Å². The Balaban J connectivity index is 2.32. The molecule has 0 radical (unpaired) electrons. The van der Waals surface area contributed by atoms with E-state index < -0.39 is 5.82 Å². The largest absolute Gasteiger partial charge is 0.289 e. The van der Waals surface area contributed by atoms with Crippen LogP contribution in [0.1, 0.15) is 47.7 Å². The lowest BCUT2D eigenvalue weighted by molar-refractivity contribution is 0.103. The number of benzene rings is 2. The molecule has 2 rings (SSSR count). The molecular formula is C17H16BrFO. The van der Waals surface area contributed by atoms with E-state index in [1.54, 1.807) is 24.3 Å². The SMILES string of the molecule is CCC(C)c1ccc(C(=O)c2cccc(F)c2Br)cc1. The standard InChI is InChI=1S/C17H16BrFO/c1-3-11(2)12-7-9-13(10-8-12)17(20)14-5-4-6-15(19)16(14)18/h4-11H,3H2,1-2H3. The summed E-state index contributed by atoms with van der Waals surface area (Å²) < 4.78 is 13.7. The molecule has 0 aliphatic rings. The second-order valence-electron chi connectivity index (χ2n) is 4.86. The van der Waals surface area contributed by atoms with Crippen LogP contribution in [-0.2, 0) is 0 Å². The second-order valence-corrected chi connectivity index (χ2v) is 5.65. The van der Waals surface area contributed by atoms with E-state index in [1.165, 1.54) is 11.6 Å². The molecule has 20 heavy (non-hydrogen) atoms. The predicted octanol–water partition coefficient (Wildman–Crippen LogP) is 5.33. The zero-order valence-electron chi connectivity index (χ0n) is 11.5. The summed E-state index contributed by atoms with van der Waals surface area (Å²) in [7, 11) is 0. The number of hydrogen-bond donors (Lipinski definition) is 0. The first-order valence-electron chi connectivity index (χ1n) is 6.63. The number of hydrogen-bond acceptors (Lipinski definition) is 1. The van der Waals surface area contributed by atoms with E-state index in [9.17, 15) is 9.18 Å². The van der Waals surface area contributed by atoms with Gasteiger partial charge < -0.3 is 0 Å². The molecule has 0 aliphatic carbocycles. The molecule has 2 aromatic rings. The quantitative estimate of drug-likeness (QED) is 0.690. The van der Waals surface area contributed by atoms with E-state index in [-0.39, 0.29) is 10.3 Å². The lowest BCUT2D eigenvalue weighted by atomic mass is 9.95. The number of rotatable bonds is 4. The highest BCUT2D eigenvalue weighted by Crippen LogP contribution is 2.24. The Labute approximate surface area is 127 Å². The Morgan fingerprint density at radius 1 is 1.20 bits per heavy atom. The molecule has 0 saturated carbocycles. The van der Waals surface area contributed by atoms with Gasteiger partial charge in [-0.05, 0) is 46.0 Å². The van der Waals surface area contributed by atoms with Gasteiger partial charge >= 0.3 is 0 Å². The molecule has 0 heterocycles. The molecule has 0 saturated heterocycles. The van der Waals surface area contributed by atoms with E-state index in [0.717, 1.165) is 6.42 Å². The molecule has 0 aromatic heterocycles. The predicted molar refractivity (Wildman–Crippen MR) is 82.7 cm³/mol. The van der Waals surface area contributed by atoms with Crippen molar-refractivity contribution in [1.29, 1.82) is 0 Å². The molecule has 1 nitrogen and oxygen atoms in total. The molecule has 104 valence electrons. The minimum absolute atomic E-state index is 0.174. The van der Waals surface area contributed by atoms with Crippen LogP contribution in [0.15, 0.2) is 46.9 Å². The average molecular weight is 335 g/mol. The molecule has 1 unspecified atom stereocenters. The van der Waals surface area contributed by atoms with Crippen molar-refractivity contribution in [3.63, 3.8) is 0 Å². The third-order valence-corrected chi connectivity index (χ3v) is 4.36. The van der Waals surface area contributed by atoms with Crippen LogP contribution in [0.4, 0.5) is 4.39 Å². The molecule has 0 spiro atoms. The van der Waals surface area contributed by atoms with E-state index in [1.807, 2.05) is 12.1 Å². The summed E-state index contributed by atoms with van der Waals surface area (Å²) >= 11 is 3.13. The highest BCUT2D eigenvalue weighted by molar-refractivity contribution is 9.10. The monoisotopic (exact) mass is 334 g/mol. The Morgan fingerprint density at radius 2 is 1.85 bits per heavy atom. The molecule has 1 atom stereocenters. The molecule has 0 bridgehead atoms. The number of halogens is 2. The average Bonchev–Trinajstić information content (AvgIpc) is 2.48. The summed E-state index contributed by atoms with van der Waals surface area (Å²) in [6.07, 6.45) is 1.06. The van der Waals surface area contributed by atoms with Gasteiger partial charge in [-0.2, -0.15) is 0 Å². The summed E-state index contributed by atoms with van der Waals surface area (Å²) in [5, 5.41) is 0. The fourth-order valence-corrected chi connectivity index (χ4v) is 2.48. The van der Waals surface area contributed by atoms with Crippen molar-refractivity contribution in [3.05, 3.63) is 69.4 Å². The molecule has 3 heteroatoms. The van der Waals surface area contributed by atoms with Gasteiger partial charge in [-0.15, -0.1) is 0 Å². The molecule has 0 aliphatic heterocycles. The van der Waals surface area contributed by atoms with E-state index >= 15 is 0 Å². The van der Waals surface area contributed by atoms with Gasteiger partial charge in [0.05, 0.1) is 4.47 Å². The second kappa shape index (κ2) is 6.31. The topological polar surface area (TPSA) is 17.1 Å². The highest BCUT2D eigenvalue weighted by Gasteiger charge is 2.15. The molecular weight excluding hydrogens is 319 g/mol. The first-order chi connectivity index (χ1) is 9.54. The zero-order valence-corrected chi connectivity index (χ0v) is 13.1. The van der Waals surface area contributed by atoms with Gasteiger partial charge in [0.2, 0.25) is 0 Å². The Bertz CT molecular complexity index is 619. The lowest BCUT2D eigenvalue weighted by Crippen LogP contribution is -2.04. The van der Waals surface area contributed by atoms with Crippen molar-refractivity contribution in [2.75, 3.05) is 0 Å². The first kappa shape index (κ1) is 14.9. The Kier molecular flexibility index (Phi) is 4.71. The highest BCUT2D eigenvalue weighted by atomic mass is 79.9. The normalized spacial score (nSPS) is 12.2. The van der Waals surface area contributed by atoms with E-state index in [0.29, 0.717) is 17.0 Å². The van der Waals surface area contributed by atoms with Crippen molar-refractivity contribution >= 4 is 21.7 Å². The van der Waals surface area contributed by atoms with Crippen LogP contribution in [0.5, 0.6) is 0 Å². The van der Waals surface area contributed by atoms with Crippen LogP contribution in [0.3, 0.4) is 0 Å². The maximum Gasteiger partial charge on any atom is 0.194 e. The first-order valence-corrected chi connectivity index (χ1v) is 7.42. The summed E-state index contributed by atoms with van der Waals surface area (Å²) in [5.41, 5.74) is 2.13. The van der Waals surface area contributed by atoms with Crippen molar-refractivity contribution in [2.24, 2.45) is 0 Å². The molecule has 0 amide bonds. The van der Waals surface area contributed by atoms with Crippen LogP contribution in [0.25, 0.3) is 0 Å². The van der Waals surface area contributed by atoms with Gasteiger partial charge in [0.1, 0.15) is 5.82 Å². The third-order valence-electron chi connectivity index (χ3n) is 3.55. The number of carbonyl (C=O) groups excluding carboxylic acids is 1. The van der Waals surface area contributed by atoms with Crippen LogP contribution in [-0.4, -0.2) is 5.78 Å². The lowest BCUT2D eigenvalue weighted by Gasteiger charge is -2.10. The fourth-order valence-electron chi connectivity index (χ4n) is 2.03. The van der Waals surface area contributed by atoms with Gasteiger partial charge in [0.25, 0.3) is 0 Å². The fraction of sp³-hybridized carbons (Fsp3) is 0.235. The Hall–Kier alpha value is -1.48. The number of ketones is 1. The summed E-state index contributed by atoms with van der Waals surface area (Å²) in [5.74, 6) is -0.126. The summed E-state index contributed by atoms with van der Waals surface area (Å²) in [6.45, 7) is 4.29. The smallest absolute Gasteiger partial charge is 0.194 e. The molecule has 0 fully saturated rings. The van der Waals surface area contributed by atoms with Gasteiger partial charge in [0, 0.05) is 11.1 Å². The van der Waals surface area contributed by atoms with Crippen molar-refractivity contribution in [1.82, 2.24) is 0 Å². The minimum atomic E-state index is -0.424. The summed E-state index contributed by atoms with van der Waals surface area (Å²) in [6, 6.07) is 12.0. The van der Waals surface area contributed by atoms with Gasteiger partial charge in [-0.1, -0.05) is 44.2 Å². The van der Waals surface area contributed by atoms with Gasteiger partial charge in [0.15, 0.2) is 5.78 Å². The van der Waals surface area contributed by atoms with E-state index in [4.69, 9.17) is 0 Å². The van der Waals surface area contributed by atoms with Gasteiger partial charge in [-0.3, -0.25) is 4.79 Å². The molecule has 2 aromatic carbocycles. The van der Waals surface area contributed by atoms with Crippen molar-refractivity contribution in [2.45, 2.75) is 26.2 Å². The van der Waals surface area contributed by atoms with Gasteiger partial charge in [-0.25, -0.2) is 4.39 Å². The maximum absolute atomic E-state index is 13.5. The number of carbonyl (C=O) groups is 1. The maximum atomic E-state index is 13.5. The summed E-state index contributed by atoms with van der Waals surface area (Å²) in [4.78, 5) is 12.4. The Morgan fingerprint density at radius 3 is 2.45 bits per heavy atom. The zero-order chi connectivity index (χ0) is 14.7. The van der Waals surface area contributed by atoms with Crippen LogP contribution in [0, 0.1) is 5.82 Å². The van der Waals surface area contributed by atoms with Crippen LogP contribution in [0.2, 0.25) is 0 Å². The van der Waals surface area contributed by atoms with Crippen molar-refractivity contribution < 1.29 is 9.18 Å².